The number of hydrogen-bond donors (Lipinski definition) is 0. The number of rotatable bonds is 9. The van der Waals surface area contributed by atoms with Crippen molar-refractivity contribution < 1.29 is 27.8 Å². The number of nitrogens with zero attached hydrogens (tertiary/aromatic N) is 2. The lowest BCUT2D eigenvalue weighted by Gasteiger charge is -2.27. The van der Waals surface area contributed by atoms with E-state index in [0.717, 1.165) is 63.2 Å². The van der Waals surface area contributed by atoms with Gasteiger partial charge < -0.3 is 9.47 Å². The summed E-state index contributed by atoms with van der Waals surface area (Å²) in [4.78, 5) is 31.0. The fraction of sp³-hybridized carbons (Fsp3) is 0.613. The highest BCUT2D eigenvalue weighted by Gasteiger charge is 2.29. The van der Waals surface area contributed by atoms with Gasteiger partial charge >= 0.3 is 11.9 Å². The van der Waals surface area contributed by atoms with Crippen LogP contribution in [0.5, 0.6) is 11.5 Å². The lowest BCUT2D eigenvalue weighted by Crippen LogP contribution is -2.26. The van der Waals surface area contributed by atoms with Crippen LogP contribution in [0.25, 0.3) is 0 Å². The molecule has 0 spiro atoms. The highest BCUT2D eigenvalue weighted by atomic mass is 35.5. The number of esters is 2. The molecule has 2 aromatic heterocycles. The molecule has 2 aliphatic carbocycles. The van der Waals surface area contributed by atoms with Gasteiger partial charge in [0.1, 0.15) is 10.3 Å². The minimum Gasteiger partial charge on any atom is -0.421 e. The zero-order chi connectivity index (χ0) is 29.8. The molecule has 2 heterocycles. The lowest BCUT2D eigenvalue weighted by molar-refractivity contribution is -0.141. The fourth-order valence-electron chi connectivity index (χ4n) is 5.61. The molecule has 226 valence electrons. The van der Waals surface area contributed by atoms with Crippen molar-refractivity contribution in [1.82, 2.24) is 9.97 Å². The predicted octanol–water partition coefficient (Wildman–Crippen LogP) is 9.16. The van der Waals surface area contributed by atoms with Crippen LogP contribution in [-0.4, -0.2) is 21.9 Å². The second-order valence-corrected chi connectivity index (χ2v) is 11.8. The van der Waals surface area contributed by atoms with Crippen molar-refractivity contribution in [1.29, 1.82) is 0 Å². The number of carbonyl (C=O) groups is 2. The van der Waals surface area contributed by atoms with E-state index in [4.69, 9.17) is 32.7 Å². The Kier molecular flexibility index (Phi) is 13.7. The Hall–Kier alpha value is -2.32. The topological polar surface area (TPSA) is 78.4 Å². The molecule has 0 bridgehead atoms. The monoisotopic (exact) mass is 612 g/mol. The van der Waals surface area contributed by atoms with Crippen molar-refractivity contribution in [3.63, 3.8) is 0 Å². The van der Waals surface area contributed by atoms with E-state index >= 15 is 0 Å². The molecule has 2 saturated carbocycles. The summed E-state index contributed by atoms with van der Waals surface area (Å²) in [6.45, 7) is 4.37. The van der Waals surface area contributed by atoms with E-state index in [2.05, 4.69) is 23.8 Å². The molecule has 2 aliphatic rings. The first-order valence-corrected chi connectivity index (χ1v) is 15.5. The summed E-state index contributed by atoms with van der Waals surface area (Å²) >= 11 is 11.1. The van der Waals surface area contributed by atoms with E-state index in [-0.39, 0.29) is 45.6 Å². The third kappa shape index (κ3) is 10.8. The molecule has 2 fully saturated rings. The zero-order valence-electron chi connectivity index (χ0n) is 23.9. The highest BCUT2D eigenvalue weighted by molar-refractivity contribution is 6.29. The molecule has 0 radical (unpaired) electrons. The smallest absolute Gasteiger partial charge is 0.314 e. The Morgan fingerprint density at radius 2 is 1.12 bits per heavy atom. The third-order valence-electron chi connectivity index (χ3n) is 8.01. The van der Waals surface area contributed by atoms with Crippen molar-refractivity contribution in [2.24, 2.45) is 23.7 Å². The van der Waals surface area contributed by atoms with Crippen LogP contribution < -0.4 is 9.47 Å². The van der Waals surface area contributed by atoms with Crippen LogP contribution >= 0.6 is 23.2 Å². The molecule has 10 heteroatoms. The molecule has 0 amide bonds. The highest BCUT2D eigenvalue weighted by Crippen LogP contribution is 2.34. The number of unbranched alkanes of at least 4 members (excludes halogenated alkanes) is 1. The molecule has 0 unspecified atom stereocenters. The molecular formula is C31H40Cl2F2N2O4. The summed E-state index contributed by atoms with van der Waals surface area (Å²) in [6, 6.07) is 5.50. The van der Waals surface area contributed by atoms with Crippen LogP contribution in [0.1, 0.15) is 97.3 Å². The quantitative estimate of drug-likeness (QED) is 0.207. The van der Waals surface area contributed by atoms with Gasteiger partial charge in [-0.1, -0.05) is 69.2 Å². The van der Waals surface area contributed by atoms with Gasteiger partial charge in [-0.15, -0.1) is 0 Å². The number of hydrogen-bond acceptors (Lipinski definition) is 6. The van der Waals surface area contributed by atoms with Gasteiger partial charge in [0.25, 0.3) is 11.9 Å². The van der Waals surface area contributed by atoms with Gasteiger partial charge in [-0.05, 0) is 87.5 Å². The van der Waals surface area contributed by atoms with Crippen LogP contribution in [0.4, 0.5) is 8.78 Å². The Labute approximate surface area is 251 Å². The summed E-state index contributed by atoms with van der Waals surface area (Å²) in [5.74, 6) is -1.49. The van der Waals surface area contributed by atoms with Gasteiger partial charge in [0.2, 0.25) is 0 Å². The van der Waals surface area contributed by atoms with Gasteiger partial charge in [0, 0.05) is 0 Å². The summed E-state index contributed by atoms with van der Waals surface area (Å²) in [6.07, 6.45) is 13.6. The molecule has 0 N–H and O–H groups in total. The van der Waals surface area contributed by atoms with Crippen molar-refractivity contribution >= 4 is 35.1 Å². The minimum absolute atomic E-state index is 0.0439. The van der Waals surface area contributed by atoms with Crippen LogP contribution in [0.3, 0.4) is 0 Å². The van der Waals surface area contributed by atoms with Gasteiger partial charge in [0.15, 0.2) is 11.5 Å². The van der Waals surface area contributed by atoms with E-state index in [1.807, 2.05) is 0 Å². The van der Waals surface area contributed by atoms with Crippen LogP contribution in [0.15, 0.2) is 24.3 Å². The second kappa shape index (κ2) is 17.0. The molecule has 2 aromatic rings. The molecular weight excluding hydrogens is 573 g/mol. The average molecular weight is 614 g/mol. The Morgan fingerprint density at radius 1 is 0.707 bits per heavy atom. The van der Waals surface area contributed by atoms with E-state index in [1.165, 1.54) is 56.4 Å². The number of aromatic nitrogens is 2. The number of pyridine rings is 2. The first-order chi connectivity index (χ1) is 19.7. The van der Waals surface area contributed by atoms with Gasteiger partial charge in [0.05, 0.1) is 11.8 Å². The molecule has 0 aromatic carbocycles. The fourth-order valence-corrected chi connectivity index (χ4v) is 5.88. The molecule has 0 aliphatic heterocycles. The van der Waals surface area contributed by atoms with E-state index in [0.29, 0.717) is 0 Å². The van der Waals surface area contributed by atoms with Gasteiger partial charge in [-0.3, -0.25) is 9.59 Å². The van der Waals surface area contributed by atoms with Crippen molar-refractivity contribution in [3.8, 4) is 11.5 Å². The number of ether oxygens (including phenoxy) is 2. The summed E-state index contributed by atoms with van der Waals surface area (Å²) < 4.78 is 37.2. The SMILES string of the molecule is CCCC1CCC(C(=O)Oc2ccc(Cl)nc2F)CC1.CCCCC1CCC(C(=O)Oc2ccc(Cl)nc2F)CC1. The standard InChI is InChI=1S/C16H21ClFNO2.C15H19ClFNO2/c1-2-3-4-11-5-7-12(8-6-11)16(20)21-13-9-10-14(17)19-15(13)18;1-2-3-10-4-6-11(7-5-10)15(19)20-12-8-9-13(16)18-14(12)17/h9-12H,2-8H2,1H3;8-11H,2-7H2,1H3. The van der Waals surface area contributed by atoms with Crippen LogP contribution in [-0.2, 0) is 9.59 Å². The molecule has 6 nitrogen and oxygen atoms in total. The first-order valence-electron chi connectivity index (χ1n) is 14.8. The first kappa shape index (κ1) is 33.2. The van der Waals surface area contributed by atoms with Crippen LogP contribution in [0.2, 0.25) is 10.3 Å². The largest absolute Gasteiger partial charge is 0.421 e. The van der Waals surface area contributed by atoms with Crippen molar-refractivity contribution in [2.75, 3.05) is 0 Å². The normalized spacial score (nSPS) is 22.3. The number of carbonyl (C=O) groups excluding carboxylic acids is 2. The Morgan fingerprint density at radius 3 is 1.49 bits per heavy atom. The van der Waals surface area contributed by atoms with E-state index in [9.17, 15) is 18.4 Å². The van der Waals surface area contributed by atoms with E-state index in [1.54, 1.807) is 0 Å². The minimum atomic E-state index is -0.842. The van der Waals surface area contributed by atoms with Crippen LogP contribution in [0, 0.1) is 35.6 Å². The van der Waals surface area contributed by atoms with Crippen molar-refractivity contribution in [3.05, 3.63) is 46.5 Å². The van der Waals surface area contributed by atoms with E-state index < -0.39 is 11.9 Å². The van der Waals surface area contributed by atoms with Gasteiger partial charge in [-0.25, -0.2) is 9.97 Å². The number of halogens is 4. The second-order valence-electron chi connectivity index (χ2n) is 11.1. The predicted molar refractivity (Wildman–Crippen MR) is 155 cm³/mol. The summed E-state index contributed by atoms with van der Waals surface area (Å²) in [7, 11) is 0. The summed E-state index contributed by atoms with van der Waals surface area (Å²) in [5, 5.41) is 0.0890. The summed E-state index contributed by atoms with van der Waals surface area (Å²) in [5.41, 5.74) is 0. The molecule has 4 rings (SSSR count). The van der Waals surface area contributed by atoms with Gasteiger partial charge in [-0.2, -0.15) is 8.78 Å². The Balaban J connectivity index is 0.000000226. The maximum Gasteiger partial charge on any atom is 0.314 e. The third-order valence-corrected chi connectivity index (χ3v) is 8.43. The zero-order valence-corrected chi connectivity index (χ0v) is 25.4. The maximum atomic E-state index is 13.5. The molecule has 0 saturated heterocycles. The average Bonchev–Trinajstić information content (AvgIpc) is 2.96. The maximum absolute atomic E-state index is 13.5. The van der Waals surface area contributed by atoms with Crippen molar-refractivity contribution in [2.45, 2.75) is 97.3 Å². The molecule has 41 heavy (non-hydrogen) atoms. The Bertz CT molecular complexity index is 1140. The molecule has 0 atom stereocenters. The lowest BCUT2D eigenvalue weighted by atomic mass is 9.80.